The SMILES string of the molecule is CN=C(NCC1(SC)CCOCC1)N1CCC(CSc2ccccc2)C1. The zero-order chi connectivity index (χ0) is 18.2. The Morgan fingerprint density at radius 1 is 1.31 bits per heavy atom. The number of benzene rings is 1. The third-order valence-electron chi connectivity index (χ3n) is 5.43. The Labute approximate surface area is 166 Å². The summed E-state index contributed by atoms with van der Waals surface area (Å²) in [6, 6.07) is 10.7. The Morgan fingerprint density at radius 3 is 2.77 bits per heavy atom. The van der Waals surface area contributed by atoms with E-state index in [0.29, 0.717) is 0 Å². The fraction of sp³-hybridized carbons (Fsp3) is 0.650. The zero-order valence-corrected chi connectivity index (χ0v) is 17.6. The van der Waals surface area contributed by atoms with E-state index in [0.717, 1.165) is 57.6 Å². The number of ether oxygens (including phenoxy) is 1. The summed E-state index contributed by atoms with van der Waals surface area (Å²) < 4.78 is 5.84. The number of likely N-dealkylation sites (tertiary alicyclic amines) is 1. The second-order valence-electron chi connectivity index (χ2n) is 7.13. The van der Waals surface area contributed by atoms with Crippen LogP contribution in [0.25, 0.3) is 0 Å². The lowest BCUT2D eigenvalue weighted by molar-refractivity contribution is 0.0781. The number of nitrogens with zero attached hydrogens (tertiary/aromatic N) is 2. The first kappa shape index (κ1) is 19.9. The molecule has 0 aliphatic carbocycles. The molecule has 0 radical (unpaired) electrons. The van der Waals surface area contributed by atoms with Crippen molar-refractivity contribution in [3.63, 3.8) is 0 Å². The summed E-state index contributed by atoms with van der Waals surface area (Å²) >= 11 is 3.95. The van der Waals surface area contributed by atoms with Gasteiger partial charge in [0.2, 0.25) is 0 Å². The Balaban J connectivity index is 1.46. The first-order valence-corrected chi connectivity index (χ1v) is 11.7. The number of hydrogen-bond acceptors (Lipinski definition) is 4. The van der Waals surface area contributed by atoms with Gasteiger partial charge in [0, 0.05) is 55.3 Å². The fourth-order valence-electron chi connectivity index (χ4n) is 3.66. The summed E-state index contributed by atoms with van der Waals surface area (Å²) in [5.74, 6) is 2.98. The van der Waals surface area contributed by atoms with E-state index in [1.165, 1.54) is 17.1 Å². The zero-order valence-electron chi connectivity index (χ0n) is 15.9. The highest BCUT2D eigenvalue weighted by atomic mass is 32.2. The van der Waals surface area contributed by atoms with Crippen LogP contribution in [0.15, 0.2) is 40.2 Å². The van der Waals surface area contributed by atoms with Gasteiger partial charge in [-0.25, -0.2) is 0 Å². The van der Waals surface area contributed by atoms with Crippen molar-refractivity contribution in [3.8, 4) is 0 Å². The van der Waals surface area contributed by atoms with Crippen LogP contribution in [0.5, 0.6) is 0 Å². The van der Waals surface area contributed by atoms with Crippen LogP contribution in [0.2, 0.25) is 0 Å². The average Bonchev–Trinajstić information content (AvgIpc) is 3.17. The summed E-state index contributed by atoms with van der Waals surface area (Å²) in [5.41, 5.74) is 0. The summed E-state index contributed by atoms with van der Waals surface area (Å²) in [6.45, 7) is 4.95. The monoisotopic (exact) mass is 393 g/mol. The van der Waals surface area contributed by atoms with Crippen LogP contribution in [-0.4, -0.2) is 67.5 Å². The van der Waals surface area contributed by atoms with Gasteiger partial charge in [-0.05, 0) is 43.6 Å². The van der Waals surface area contributed by atoms with E-state index in [9.17, 15) is 0 Å². The predicted octanol–water partition coefficient (Wildman–Crippen LogP) is 3.59. The van der Waals surface area contributed by atoms with Crippen molar-refractivity contribution in [1.82, 2.24) is 10.2 Å². The molecule has 144 valence electrons. The third kappa shape index (κ3) is 5.33. The van der Waals surface area contributed by atoms with Crippen LogP contribution >= 0.6 is 23.5 Å². The molecule has 0 bridgehead atoms. The first-order valence-electron chi connectivity index (χ1n) is 9.51. The minimum absolute atomic E-state index is 0.288. The van der Waals surface area contributed by atoms with Gasteiger partial charge in [-0.3, -0.25) is 4.99 Å². The largest absolute Gasteiger partial charge is 0.381 e. The van der Waals surface area contributed by atoms with E-state index < -0.39 is 0 Å². The molecule has 0 spiro atoms. The maximum absolute atomic E-state index is 5.55. The first-order chi connectivity index (χ1) is 12.7. The standard InChI is InChI=1S/C20H31N3OS2/c1-21-19(22-16-20(25-2)9-12-24-13-10-20)23-11-8-17(14-23)15-26-18-6-4-3-5-7-18/h3-7,17H,8-16H2,1-2H3,(H,21,22). The highest BCUT2D eigenvalue weighted by molar-refractivity contribution is 8.00. The van der Waals surface area contributed by atoms with Gasteiger partial charge in [-0.1, -0.05) is 18.2 Å². The molecule has 1 unspecified atom stereocenters. The van der Waals surface area contributed by atoms with E-state index in [1.807, 2.05) is 30.6 Å². The smallest absolute Gasteiger partial charge is 0.193 e. The van der Waals surface area contributed by atoms with Gasteiger partial charge < -0.3 is 15.0 Å². The molecule has 2 saturated heterocycles. The van der Waals surface area contributed by atoms with Crippen molar-refractivity contribution >= 4 is 29.5 Å². The van der Waals surface area contributed by atoms with Gasteiger partial charge in [0.1, 0.15) is 0 Å². The van der Waals surface area contributed by atoms with Crippen LogP contribution in [0, 0.1) is 5.92 Å². The summed E-state index contributed by atoms with van der Waals surface area (Å²) in [7, 11) is 1.91. The maximum atomic E-state index is 5.55. The molecule has 0 saturated carbocycles. The molecule has 1 atom stereocenters. The summed E-state index contributed by atoms with van der Waals surface area (Å²) in [6.07, 6.45) is 5.72. The van der Waals surface area contributed by atoms with Crippen molar-refractivity contribution in [3.05, 3.63) is 30.3 Å². The Kier molecular flexibility index (Phi) is 7.58. The quantitative estimate of drug-likeness (QED) is 0.454. The number of guanidine groups is 1. The Hall–Kier alpha value is -0.850. The van der Waals surface area contributed by atoms with Crippen LogP contribution in [0.3, 0.4) is 0 Å². The number of aliphatic imine (C=N–C) groups is 1. The topological polar surface area (TPSA) is 36.9 Å². The minimum Gasteiger partial charge on any atom is -0.381 e. The van der Waals surface area contributed by atoms with Gasteiger partial charge in [-0.15, -0.1) is 11.8 Å². The van der Waals surface area contributed by atoms with Crippen LogP contribution in [0.1, 0.15) is 19.3 Å². The van der Waals surface area contributed by atoms with Crippen molar-refractivity contribution in [1.29, 1.82) is 0 Å². The maximum Gasteiger partial charge on any atom is 0.193 e. The predicted molar refractivity (Wildman–Crippen MR) is 115 cm³/mol. The molecule has 1 aromatic carbocycles. The van der Waals surface area contributed by atoms with Crippen molar-refractivity contribution in [2.24, 2.45) is 10.9 Å². The second kappa shape index (κ2) is 9.90. The Bertz CT molecular complexity index is 576. The molecule has 6 heteroatoms. The lowest BCUT2D eigenvalue weighted by atomic mass is 9.99. The number of rotatable bonds is 6. The van der Waals surface area contributed by atoms with Gasteiger partial charge in [0.25, 0.3) is 0 Å². The molecule has 2 aliphatic heterocycles. The van der Waals surface area contributed by atoms with Crippen LogP contribution in [0.4, 0.5) is 0 Å². The molecular weight excluding hydrogens is 362 g/mol. The van der Waals surface area contributed by atoms with Crippen molar-refractivity contribution in [2.45, 2.75) is 28.9 Å². The van der Waals surface area contributed by atoms with Gasteiger partial charge in [-0.2, -0.15) is 11.8 Å². The molecule has 2 fully saturated rings. The van der Waals surface area contributed by atoms with Crippen molar-refractivity contribution < 1.29 is 4.74 Å². The highest BCUT2D eigenvalue weighted by Crippen LogP contribution is 2.33. The lowest BCUT2D eigenvalue weighted by Crippen LogP contribution is -2.48. The van der Waals surface area contributed by atoms with Gasteiger partial charge >= 0.3 is 0 Å². The molecule has 0 amide bonds. The second-order valence-corrected chi connectivity index (χ2v) is 9.49. The average molecular weight is 394 g/mol. The minimum atomic E-state index is 0.288. The number of thioether (sulfide) groups is 2. The van der Waals surface area contributed by atoms with E-state index in [-0.39, 0.29) is 4.75 Å². The molecule has 2 aliphatic rings. The normalized spacial score (nSPS) is 23.2. The van der Waals surface area contributed by atoms with Crippen LogP contribution < -0.4 is 5.32 Å². The molecule has 0 aromatic heterocycles. The number of hydrogen-bond donors (Lipinski definition) is 1. The van der Waals surface area contributed by atoms with Crippen molar-refractivity contribution in [2.75, 3.05) is 51.9 Å². The molecule has 1 N–H and O–H groups in total. The van der Waals surface area contributed by atoms with E-state index in [4.69, 9.17) is 4.74 Å². The van der Waals surface area contributed by atoms with Gasteiger partial charge in [0.05, 0.1) is 0 Å². The highest BCUT2D eigenvalue weighted by Gasteiger charge is 2.33. The molecule has 3 rings (SSSR count). The Morgan fingerprint density at radius 2 is 2.08 bits per heavy atom. The molecular formula is C20H31N3OS2. The van der Waals surface area contributed by atoms with E-state index in [1.54, 1.807) is 0 Å². The van der Waals surface area contributed by atoms with E-state index in [2.05, 4.69) is 51.8 Å². The van der Waals surface area contributed by atoms with Gasteiger partial charge in [0.15, 0.2) is 5.96 Å². The summed E-state index contributed by atoms with van der Waals surface area (Å²) in [4.78, 5) is 8.36. The fourth-order valence-corrected chi connectivity index (χ4v) is 5.50. The molecule has 2 heterocycles. The van der Waals surface area contributed by atoms with Crippen LogP contribution in [-0.2, 0) is 4.74 Å². The number of nitrogens with one attached hydrogen (secondary N) is 1. The lowest BCUT2D eigenvalue weighted by Gasteiger charge is -2.37. The van der Waals surface area contributed by atoms with E-state index >= 15 is 0 Å². The molecule has 1 aromatic rings. The summed E-state index contributed by atoms with van der Waals surface area (Å²) in [5, 5.41) is 3.66. The molecule has 4 nitrogen and oxygen atoms in total. The third-order valence-corrected chi connectivity index (χ3v) is 8.09. The molecule has 26 heavy (non-hydrogen) atoms.